The molecule has 0 aromatic carbocycles. The molecule has 0 aliphatic carbocycles. The van der Waals surface area contributed by atoms with Crippen molar-refractivity contribution in [2.75, 3.05) is 25.4 Å². The number of rotatable bonds is 8. The number of hydrogen-bond acceptors (Lipinski definition) is 4. The summed E-state index contributed by atoms with van der Waals surface area (Å²) < 4.78 is 0. The molecule has 3 N–H and O–H groups in total. The highest BCUT2D eigenvalue weighted by Crippen LogP contribution is 2.22. The predicted octanol–water partition coefficient (Wildman–Crippen LogP) is 2.30. The van der Waals surface area contributed by atoms with E-state index in [0.29, 0.717) is 11.9 Å². The molecule has 0 fully saturated rings. The molecule has 0 radical (unpaired) electrons. The van der Waals surface area contributed by atoms with Crippen molar-refractivity contribution in [2.24, 2.45) is 0 Å². The number of nitrogens with two attached hydrogens (primary N) is 1. The van der Waals surface area contributed by atoms with Gasteiger partial charge in [0, 0.05) is 17.8 Å². The van der Waals surface area contributed by atoms with E-state index in [1.807, 2.05) is 6.07 Å². The number of hydrogen-bond donors (Lipinski definition) is 2. The highest BCUT2D eigenvalue weighted by Gasteiger charge is 2.33. The third-order valence-electron chi connectivity index (χ3n) is 4.17. The highest BCUT2D eigenvalue weighted by atomic mass is 15.2. The first-order chi connectivity index (χ1) is 9.45. The number of anilines is 1. The summed E-state index contributed by atoms with van der Waals surface area (Å²) in [5.74, 6) is 0.596. The zero-order valence-electron chi connectivity index (χ0n) is 13.6. The molecule has 0 bridgehead atoms. The van der Waals surface area contributed by atoms with Crippen molar-refractivity contribution in [1.29, 1.82) is 0 Å². The number of nitrogens with one attached hydrogen (secondary N) is 1. The van der Waals surface area contributed by atoms with Crippen LogP contribution in [0.15, 0.2) is 18.3 Å². The minimum Gasteiger partial charge on any atom is -0.384 e. The molecular weight excluding hydrogens is 248 g/mol. The second-order valence-electron chi connectivity index (χ2n) is 5.73. The zero-order chi connectivity index (χ0) is 15.2. The van der Waals surface area contributed by atoms with Crippen molar-refractivity contribution in [3.63, 3.8) is 0 Å². The fraction of sp³-hybridized carbons (Fsp3) is 0.688. The van der Waals surface area contributed by atoms with Gasteiger partial charge >= 0.3 is 0 Å². The van der Waals surface area contributed by atoms with E-state index in [2.05, 4.69) is 55.9 Å². The lowest BCUT2D eigenvalue weighted by Gasteiger charge is -2.44. The van der Waals surface area contributed by atoms with E-state index >= 15 is 0 Å². The molecule has 1 atom stereocenters. The van der Waals surface area contributed by atoms with Crippen LogP contribution in [0.1, 0.15) is 40.2 Å². The maximum absolute atomic E-state index is 5.79. The maximum Gasteiger partial charge on any atom is 0.123 e. The molecule has 1 heterocycles. The van der Waals surface area contributed by atoms with Gasteiger partial charge in [0.2, 0.25) is 0 Å². The number of nitrogen functional groups attached to an aromatic ring is 1. The normalized spacial score (nSPS) is 13.7. The van der Waals surface area contributed by atoms with Crippen LogP contribution in [0.3, 0.4) is 0 Å². The molecule has 1 aromatic rings. The van der Waals surface area contributed by atoms with Crippen LogP contribution < -0.4 is 11.1 Å². The lowest BCUT2D eigenvalue weighted by Crippen LogP contribution is -2.58. The van der Waals surface area contributed by atoms with E-state index in [1.165, 1.54) is 5.56 Å². The Hall–Kier alpha value is -1.13. The van der Waals surface area contributed by atoms with Gasteiger partial charge in [-0.3, -0.25) is 4.90 Å². The third-order valence-corrected chi connectivity index (χ3v) is 4.17. The summed E-state index contributed by atoms with van der Waals surface area (Å²) in [6.07, 6.45) is 2.75. The SMILES string of the molecule is CCNC(Cc1ccnc(N)c1)C(C)(C)N(CC)CC. The molecule has 0 spiro atoms. The minimum atomic E-state index is 0.0948. The molecule has 0 aliphatic heterocycles. The molecule has 4 heteroatoms. The van der Waals surface area contributed by atoms with Crippen LogP contribution in [-0.4, -0.2) is 41.1 Å². The fourth-order valence-corrected chi connectivity index (χ4v) is 2.93. The van der Waals surface area contributed by atoms with Crippen LogP contribution in [0.5, 0.6) is 0 Å². The first-order valence-electron chi connectivity index (χ1n) is 7.64. The second kappa shape index (κ2) is 7.60. The zero-order valence-corrected chi connectivity index (χ0v) is 13.6. The molecule has 0 saturated carbocycles. The van der Waals surface area contributed by atoms with Crippen LogP contribution in [0, 0.1) is 0 Å². The van der Waals surface area contributed by atoms with Crippen LogP contribution in [0.4, 0.5) is 5.82 Å². The largest absolute Gasteiger partial charge is 0.384 e. The average Bonchev–Trinajstić information content (AvgIpc) is 2.39. The third kappa shape index (κ3) is 4.18. The van der Waals surface area contributed by atoms with Crippen molar-refractivity contribution in [3.8, 4) is 0 Å². The highest BCUT2D eigenvalue weighted by molar-refractivity contribution is 5.32. The second-order valence-corrected chi connectivity index (χ2v) is 5.73. The van der Waals surface area contributed by atoms with Gasteiger partial charge in [-0.05, 0) is 57.6 Å². The maximum atomic E-state index is 5.79. The van der Waals surface area contributed by atoms with E-state index in [9.17, 15) is 0 Å². The summed E-state index contributed by atoms with van der Waals surface area (Å²) in [5.41, 5.74) is 7.12. The van der Waals surface area contributed by atoms with Crippen LogP contribution in [0.25, 0.3) is 0 Å². The summed E-state index contributed by atoms with van der Waals surface area (Å²) in [5, 5.41) is 3.64. The van der Waals surface area contributed by atoms with Gasteiger partial charge < -0.3 is 11.1 Å². The van der Waals surface area contributed by atoms with Gasteiger partial charge in [0.15, 0.2) is 0 Å². The monoisotopic (exact) mass is 278 g/mol. The number of aromatic nitrogens is 1. The fourth-order valence-electron chi connectivity index (χ4n) is 2.93. The number of likely N-dealkylation sites (N-methyl/N-ethyl adjacent to an activating group) is 2. The lowest BCUT2D eigenvalue weighted by atomic mass is 9.87. The summed E-state index contributed by atoms with van der Waals surface area (Å²) in [7, 11) is 0. The summed E-state index contributed by atoms with van der Waals surface area (Å²) in [6.45, 7) is 14.3. The Morgan fingerprint density at radius 1 is 1.30 bits per heavy atom. The molecule has 4 nitrogen and oxygen atoms in total. The van der Waals surface area contributed by atoms with E-state index in [0.717, 1.165) is 26.1 Å². The molecule has 1 aromatic heterocycles. The quantitative estimate of drug-likeness (QED) is 0.766. The average molecular weight is 278 g/mol. The van der Waals surface area contributed by atoms with Gasteiger partial charge in [0.25, 0.3) is 0 Å². The van der Waals surface area contributed by atoms with Gasteiger partial charge in [-0.2, -0.15) is 0 Å². The van der Waals surface area contributed by atoms with E-state index in [4.69, 9.17) is 5.73 Å². The molecule has 1 unspecified atom stereocenters. The van der Waals surface area contributed by atoms with E-state index in [1.54, 1.807) is 6.20 Å². The van der Waals surface area contributed by atoms with Crippen molar-refractivity contribution in [1.82, 2.24) is 15.2 Å². The number of pyridine rings is 1. The van der Waals surface area contributed by atoms with Gasteiger partial charge in [0.05, 0.1) is 0 Å². The molecule has 0 saturated heterocycles. The van der Waals surface area contributed by atoms with Gasteiger partial charge in [0.1, 0.15) is 5.82 Å². The molecule has 20 heavy (non-hydrogen) atoms. The van der Waals surface area contributed by atoms with E-state index in [-0.39, 0.29) is 5.54 Å². The standard InChI is InChI=1S/C16H30N4/c1-6-18-14(16(4,5)20(7-2)8-3)11-13-9-10-19-15(17)12-13/h9-10,12,14,18H,6-8,11H2,1-5H3,(H2,17,19). The van der Waals surface area contributed by atoms with Crippen LogP contribution >= 0.6 is 0 Å². The summed E-state index contributed by atoms with van der Waals surface area (Å²) in [6, 6.07) is 4.41. The van der Waals surface area contributed by atoms with Crippen molar-refractivity contribution in [2.45, 2.75) is 52.6 Å². The van der Waals surface area contributed by atoms with Crippen molar-refractivity contribution < 1.29 is 0 Å². The summed E-state index contributed by atoms with van der Waals surface area (Å²) >= 11 is 0. The molecule has 114 valence electrons. The van der Waals surface area contributed by atoms with Crippen LogP contribution in [-0.2, 0) is 6.42 Å². The topological polar surface area (TPSA) is 54.2 Å². The smallest absolute Gasteiger partial charge is 0.123 e. The lowest BCUT2D eigenvalue weighted by molar-refractivity contribution is 0.0918. The minimum absolute atomic E-state index is 0.0948. The Bertz CT molecular complexity index is 399. The first kappa shape index (κ1) is 16.9. The Labute approximate surface area is 123 Å². The molecule has 0 aliphatic rings. The van der Waals surface area contributed by atoms with E-state index < -0.39 is 0 Å². The molecular formula is C16H30N4. The van der Waals surface area contributed by atoms with Crippen LogP contribution in [0.2, 0.25) is 0 Å². The summed E-state index contributed by atoms with van der Waals surface area (Å²) in [4.78, 5) is 6.57. The Kier molecular flexibility index (Phi) is 6.43. The Balaban J connectivity index is 2.92. The van der Waals surface area contributed by atoms with Crippen molar-refractivity contribution in [3.05, 3.63) is 23.9 Å². The molecule has 1 rings (SSSR count). The van der Waals surface area contributed by atoms with Gasteiger partial charge in [-0.1, -0.05) is 20.8 Å². The van der Waals surface area contributed by atoms with Crippen molar-refractivity contribution >= 4 is 5.82 Å². The van der Waals surface area contributed by atoms with Gasteiger partial charge in [-0.25, -0.2) is 4.98 Å². The Morgan fingerprint density at radius 3 is 2.45 bits per heavy atom. The molecule has 0 amide bonds. The first-order valence-corrected chi connectivity index (χ1v) is 7.64. The van der Waals surface area contributed by atoms with Gasteiger partial charge in [-0.15, -0.1) is 0 Å². The number of nitrogens with zero attached hydrogens (tertiary/aromatic N) is 2. The Morgan fingerprint density at radius 2 is 1.95 bits per heavy atom. The predicted molar refractivity (Wildman–Crippen MR) is 86.8 cm³/mol.